The summed E-state index contributed by atoms with van der Waals surface area (Å²) in [5, 5.41) is 20.1. The van der Waals surface area contributed by atoms with Crippen LogP contribution in [0.4, 0.5) is 0 Å². The van der Waals surface area contributed by atoms with Crippen LogP contribution in [0.25, 0.3) is 10.8 Å². The van der Waals surface area contributed by atoms with Gasteiger partial charge in [0.1, 0.15) is 11.5 Å². The zero-order valence-corrected chi connectivity index (χ0v) is 9.36. The summed E-state index contributed by atoms with van der Waals surface area (Å²) in [5.41, 5.74) is 0. The van der Waals surface area contributed by atoms with E-state index < -0.39 is 0 Å². The number of hydrogen-bond donors (Lipinski definition) is 2. The van der Waals surface area contributed by atoms with Gasteiger partial charge in [0.15, 0.2) is 0 Å². The first-order chi connectivity index (χ1) is 5.79. The zero-order chi connectivity index (χ0) is 8.55. The Kier molecular flexibility index (Phi) is 3.20. The van der Waals surface area contributed by atoms with Crippen LogP contribution in [-0.2, 0) is 0 Å². The molecule has 2 aromatic carbocycles. The van der Waals surface area contributed by atoms with Gasteiger partial charge in [-0.1, -0.05) is 24.3 Å². The predicted molar refractivity (Wildman–Crippen MR) is 53.0 cm³/mol. The summed E-state index contributed by atoms with van der Waals surface area (Å²) in [7, 11) is 0. The summed E-state index contributed by atoms with van der Waals surface area (Å²) >= 11 is 0. The first-order valence-corrected chi connectivity index (χ1v) is 3.69. The summed E-state index contributed by atoms with van der Waals surface area (Å²) in [6.45, 7) is 0. The van der Waals surface area contributed by atoms with Crippen LogP contribution in [0.2, 0.25) is 0 Å². The normalized spacial score (nSPS) is 9.54. The third-order valence-electron chi connectivity index (χ3n) is 1.86. The first-order valence-electron chi connectivity index (χ1n) is 3.69. The minimum atomic E-state index is 0. The molecule has 2 N–H and O–H groups in total. The molecule has 0 aliphatic carbocycles. The Bertz CT molecular complexity index is 389. The number of fused-ring (bicyclic) bond motifs is 1. The van der Waals surface area contributed by atoms with Crippen molar-refractivity contribution in [1.82, 2.24) is 0 Å². The van der Waals surface area contributed by atoms with Gasteiger partial charge in [-0.2, -0.15) is 0 Å². The Morgan fingerprint density at radius 3 is 1.62 bits per heavy atom. The summed E-state index contributed by atoms with van der Waals surface area (Å²) in [6.07, 6.45) is 0. The molecule has 0 unspecified atom stereocenters. The number of phenols is 2. The van der Waals surface area contributed by atoms with E-state index in [1.807, 2.05) is 12.1 Å². The largest absolute Gasteiger partial charge is 0.507 e. The quantitative estimate of drug-likeness (QED) is 0.612. The molecule has 2 aromatic rings. The third-order valence-corrected chi connectivity index (χ3v) is 1.86. The van der Waals surface area contributed by atoms with Crippen LogP contribution in [0.3, 0.4) is 0 Å². The number of aromatic hydroxyl groups is 2. The Labute approximate surface area is 98.1 Å². The average Bonchev–Trinajstić information content (AvgIpc) is 2.04. The monoisotopic (exact) mass is 183 g/mol. The van der Waals surface area contributed by atoms with E-state index in [-0.39, 0.29) is 41.1 Å². The molecule has 61 valence electrons. The van der Waals surface area contributed by atoms with E-state index in [1.54, 1.807) is 24.3 Å². The first kappa shape index (κ1) is 10.4. The van der Waals surface area contributed by atoms with E-state index in [9.17, 15) is 10.2 Å². The molecule has 0 aromatic heterocycles. The van der Waals surface area contributed by atoms with Gasteiger partial charge in [0.05, 0.1) is 5.39 Å². The maximum atomic E-state index is 9.39. The predicted octanol–water partition coefficient (Wildman–Crippen LogP) is 1.87. The van der Waals surface area contributed by atoms with Crippen molar-refractivity contribution in [3.8, 4) is 11.5 Å². The van der Waals surface area contributed by atoms with Crippen molar-refractivity contribution < 1.29 is 10.2 Å². The van der Waals surface area contributed by atoms with Crippen molar-refractivity contribution in [2.24, 2.45) is 0 Å². The van der Waals surface area contributed by atoms with Crippen LogP contribution >= 0.6 is 0 Å². The van der Waals surface area contributed by atoms with Gasteiger partial charge in [-0.3, -0.25) is 0 Å². The molecule has 0 spiro atoms. The van der Waals surface area contributed by atoms with Crippen LogP contribution in [0.1, 0.15) is 0 Å². The van der Waals surface area contributed by atoms with Gasteiger partial charge in [0.25, 0.3) is 0 Å². The number of hydrogen-bond acceptors (Lipinski definition) is 2. The second-order valence-corrected chi connectivity index (χ2v) is 2.65. The van der Waals surface area contributed by atoms with Crippen molar-refractivity contribution in [2.75, 3.05) is 0 Å². The SMILES string of the molecule is Oc1cccc2cccc(O)c12.[Na]. The van der Waals surface area contributed by atoms with Crippen LogP contribution < -0.4 is 0 Å². The van der Waals surface area contributed by atoms with Gasteiger partial charge in [-0.15, -0.1) is 0 Å². The Morgan fingerprint density at radius 2 is 1.23 bits per heavy atom. The van der Waals surface area contributed by atoms with E-state index in [2.05, 4.69) is 0 Å². The van der Waals surface area contributed by atoms with Crippen LogP contribution in [0.5, 0.6) is 11.5 Å². The maximum absolute atomic E-state index is 9.39. The van der Waals surface area contributed by atoms with Crippen LogP contribution in [0, 0.1) is 0 Å². The second-order valence-electron chi connectivity index (χ2n) is 2.65. The molecule has 0 aliphatic rings. The molecule has 0 fully saturated rings. The maximum Gasteiger partial charge on any atom is 0.127 e. The fraction of sp³-hybridized carbons (Fsp3) is 0. The standard InChI is InChI=1S/C10H8O2.Na/c11-8-5-1-3-7-4-2-6-9(12)10(7)8;/h1-6,11-12H;. The molecule has 2 nitrogen and oxygen atoms in total. The van der Waals surface area contributed by atoms with E-state index in [4.69, 9.17) is 0 Å². The molecule has 0 saturated heterocycles. The smallest absolute Gasteiger partial charge is 0.127 e. The molecule has 1 radical (unpaired) electrons. The second kappa shape index (κ2) is 4.01. The van der Waals surface area contributed by atoms with E-state index in [0.29, 0.717) is 5.39 Å². The van der Waals surface area contributed by atoms with Gasteiger partial charge in [0.2, 0.25) is 0 Å². The fourth-order valence-corrected chi connectivity index (χ4v) is 1.30. The fourth-order valence-electron chi connectivity index (χ4n) is 1.30. The summed E-state index contributed by atoms with van der Waals surface area (Å²) in [4.78, 5) is 0. The minimum Gasteiger partial charge on any atom is -0.507 e. The molecular formula is C10H8NaO2. The topological polar surface area (TPSA) is 40.5 Å². The Hall–Kier alpha value is -0.700. The zero-order valence-electron chi connectivity index (χ0n) is 7.36. The molecule has 0 bridgehead atoms. The van der Waals surface area contributed by atoms with Crippen molar-refractivity contribution in [2.45, 2.75) is 0 Å². The van der Waals surface area contributed by atoms with E-state index in [1.165, 1.54) is 0 Å². The van der Waals surface area contributed by atoms with Gasteiger partial charge in [-0.05, 0) is 17.5 Å². The van der Waals surface area contributed by atoms with Gasteiger partial charge in [0, 0.05) is 29.6 Å². The van der Waals surface area contributed by atoms with Crippen molar-refractivity contribution in [3.63, 3.8) is 0 Å². The number of phenolic OH excluding ortho intramolecular Hbond substituents is 2. The summed E-state index contributed by atoms with van der Waals surface area (Å²) in [6, 6.07) is 10.3. The molecule has 0 heterocycles. The Balaban J connectivity index is 0.000000845. The van der Waals surface area contributed by atoms with Gasteiger partial charge >= 0.3 is 0 Å². The molecule has 0 amide bonds. The molecule has 0 aliphatic heterocycles. The van der Waals surface area contributed by atoms with Crippen molar-refractivity contribution in [3.05, 3.63) is 36.4 Å². The molecule has 0 atom stereocenters. The molecule has 13 heavy (non-hydrogen) atoms. The number of rotatable bonds is 0. The Morgan fingerprint density at radius 1 is 0.769 bits per heavy atom. The van der Waals surface area contributed by atoms with Crippen molar-refractivity contribution >= 4 is 40.3 Å². The average molecular weight is 183 g/mol. The minimum absolute atomic E-state index is 0. The van der Waals surface area contributed by atoms with Crippen LogP contribution in [0.15, 0.2) is 36.4 Å². The number of benzene rings is 2. The van der Waals surface area contributed by atoms with E-state index in [0.717, 1.165) is 5.39 Å². The van der Waals surface area contributed by atoms with Gasteiger partial charge in [-0.25, -0.2) is 0 Å². The molecule has 3 heteroatoms. The molecule has 2 rings (SSSR count). The third kappa shape index (κ3) is 1.80. The molecule has 0 saturated carbocycles. The molecular weight excluding hydrogens is 175 g/mol. The summed E-state index contributed by atoms with van der Waals surface area (Å²) in [5.74, 6) is 0.233. The van der Waals surface area contributed by atoms with E-state index >= 15 is 0 Å². The van der Waals surface area contributed by atoms with Gasteiger partial charge < -0.3 is 10.2 Å². The van der Waals surface area contributed by atoms with Crippen molar-refractivity contribution in [1.29, 1.82) is 0 Å². The summed E-state index contributed by atoms with van der Waals surface area (Å²) < 4.78 is 0. The van der Waals surface area contributed by atoms with Crippen LogP contribution in [-0.4, -0.2) is 39.8 Å².